The first-order valence-electron chi connectivity index (χ1n) is 5.80. The highest BCUT2D eigenvalue weighted by Crippen LogP contribution is 2.37. The summed E-state index contributed by atoms with van der Waals surface area (Å²) in [6.45, 7) is 2.13. The van der Waals surface area contributed by atoms with Gasteiger partial charge in [-0.3, -0.25) is 0 Å². The van der Waals surface area contributed by atoms with Crippen molar-refractivity contribution in [2.24, 2.45) is 0 Å². The molecule has 1 N–H and O–H groups in total. The summed E-state index contributed by atoms with van der Waals surface area (Å²) in [6.07, 6.45) is 5.13. The largest absolute Gasteiger partial charge is 0.390 e. The van der Waals surface area contributed by atoms with E-state index in [0.717, 1.165) is 19.3 Å². The highest BCUT2D eigenvalue weighted by Gasteiger charge is 2.32. The second-order valence-electron chi connectivity index (χ2n) is 4.75. The van der Waals surface area contributed by atoms with Gasteiger partial charge in [-0.15, -0.1) is 0 Å². The monoisotopic (exact) mass is 203 g/mol. The van der Waals surface area contributed by atoms with Crippen molar-refractivity contribution in [3.05, 3.63) is 41.8 Å². The Morgan fingerprint density at radius 1 is 1.20 bits per heavy atom. The lowest BCUT2D eigenvalue weighted by Gasteiger charge is -2.25. The first-order valence-corrected chi connectivity index (χ1v) is 5.80. The van der Waals surface area contributed by atoms with Gasteiger partial charge in [0.05, 0.1) is 5.60 Å². The summed E-state index contributed by atoms with van der Waals surface area (Å²) in [5.41, 5.74) is 0.845. The molecule has 0 unspecified atom stereocenters. The van der Waals surface area contributed by atoms with Crippen molar-refractivity contribution in [2.45, 2.75) is 44.6 Å². The fourth-order valence-electron chi connectivity index (χ4n) is 2.53. The van der Waals surface area contributed by atoms with Gasteiger partial charge in [-0.1, -0.05) is 50.1 Å². The van der Waals surface area contributed by atoms with Crippen LogP contribution in [0, 0.1) is 5.92 Å². The maximum atomic E-state index is 10.3. The van der Waals surface area contributed by atoms with Gasteiger partial charge >= 0.3 is 0 Å². The molecule has 81 valence electrons. The molecule has 1 heteroatoms. The van der Waals surface area contributed by atoms with Gasteiger partial charge in [-0.2, -0.15) is 0 Å². The zero-order valence-corrected chi connectivity index (χ0v) is 9.37. The maximum absolute atomic E-state index is 10.3. The van der Waals surface area contributed by atoms with Gasteiger partial charge in [-0.25, -0.2) is 0 Å². The van der Waals surface area contributed by atoms with Gasteiger partial charge in [0.2, 0.25) is 0 Å². The summed E-state index contributed by atoms with van der Waals surface area (Å²) in [4.78, 5) is 0. The fourth-order valence-corrected chi connectivity index (χ4v) is 2.53. The van der Waals surface area contributed by atoms with Gasteiger partial charge in [0.15, 0.2) is 0 Å². The number of hydrogen-bond acceptors (Lipinski definition) is 1. The smallest absolute Gasteiger partial charge is 0.0656 e. The molecule has 0 atom stereocenters. The molecule has 0 bridgehead atoms. The van der Waals surface area contributed by atoms with Gasteiger partial charge < -0.3 is 5.11 Å². The summed E-state index contributed by atoms with van der Waals surface area (Å²) in [5.74, 6) is 1.31. The van der Waals surface area contributed by atoms with Crippen LogP contribution in [-0.2, 0) is 0 Å². The number of benzene rings is 1. The first-order chi connectivity index (χ1) is 7.20. The van der Waals surface area contributed by atoms with E-state index in [1.807, 2.05) is 6.07 Å². The zero-order valence-electron chi connectivity index (χ0n) is 9.37. The van der Waals surface area contributed by atoms with E-state index in [1.165, 1.54) is 24.3 Å². The van der Waals surface area contributed by atoms with Crippen LogP contribution in [0.1, 0.15) is 44.6 Å². The summed E-state index contributed by atoms with van der Waals surface area (Å²) in [7, 11) is 0. The molecular weight excluding hydrogens is 184 g/mol. The molecule has 0 spiro atoms. The lowest BCUT2D eigenvalue weighted by Crippen LogP contribution is -2.26. The highest BCUT2D eigenvalue weighted by molar-refractivity contribution is 5.29. The molecule has 15 heavy (non-hydrogen) atoms. The van der Waals surface area contributed by atoms with Crippen LogP contribution in [0.3, 0.4) is 0 Å². The van der Waals surface area contributed by atoms with E-state index in [2.05, 4.69) is 31.2 Å². The van der Waals surface area contributed by atoms with Crippen molar-refractivity contribution in [3.8, 4) is 0 Å². The maximum Gasteiger partial charge on any atom is 0.0656 e. The molecule has 0 aliphatic heterocycles. The third-order valence-corrected chi connectivity index (χ3v) is 3.40. The minimum absolute atomic E-state index is 0.417. The molecule has 1 fully saturated rings. The Balaban J connectivity index is 2.00. The van der Waals surface area contributed by atoms with Crippen LogP contribution >= 0.6 is 0 Å². The summed E-state index contributed by atoms with van der Waals surface area (Å²) < 4.78 is 0. The molecule has 0 heterocycles. The summed E-state index contributed by atoms with van der Waals surface area (Å²) in [6, 6.07) is 10.4. The molecule has 1 aliphatic rings. The molecule has 1 aromatic rings. The third kappa shape index (κ3) is 2.60. The molecule has 1 radical (unpaired) electrons. The topological polar surface area (TPSA) is 20.2 Å². The predicted molar refractivity (Wildman–Crippen MR) is 62.5 cm³/mol. The minimum Gasteiger partial charge on any atom is -0.390 e. The Hall–Kier alpha value is -0.820. The second-order valence-corrected chi connectivity index (χ2v) is 4.75. The lowest BCUT2D eigenvalue weighted by atomic mass is 9.86. The number of rotatable bonds is 3. The molecule has 1 aromatic carbocycles. The van der Waals surface area contributed by atoms with Crippen LogP contribution in [0.5, 0.6) is 0 Å². The minimum atomic E-state index is -0.417. The molecule has 0 amide bonds. The van der Waals surface area contributed by atoms with Crippen molar-refractivity contribution in [1.82, 2.24) is 0 Å². The van der Waals surface area contributed by atoms with E-state index in [1.54, 1.807) is 0 Å². The molecule has 1 aliphatic carbocycles. The summed E-state index contributed by atoms with van der Waals surface area (Å²) in [5, 5.41) is 10.3. The average Bonchev–Trinajstić information content (AvgIpc) is 2.66. The van der Waals surface area contributed by atoms with Crippen LogP contribution < -0.4 is 0 Å². The molecule has 0 aromatic heterocycles. The van der Waals surface area contributed by atoms with Crippen LogP contribution in [0.2, 0.25) is 0 Å². The lowest BCUT2D eigenvalue weighted by molar-refractivity contribution is 0.0440. The van der Waals surface area contributed by atoms with Crippen LogP contribution in [0.25, 0.3) is 0 Å². The average molecular weight is 203 g/mol. The Labute approximate surface area is 92.1 Å². The Kier molecular flexibility index (Phi) is 3.11. The molecular formula is C14H19O. The van der Waals surface area contributed by atoms with E-state index < -0.39 is 5.60 Å². The number of aliphatic hydroxyl groups is 1. The second kappa shape index (κ2) is 4.36. The molecule has 1 saturated carbocycles. The van der Waals surface area contributed by atoms with E-state index in [9.17, 15) is 5.11 Å². The van der Waals surface area contributed by atoms with E-state index >= 15 is 0 Å². The Bertz CT molecular complexity index is 298. The van der Waals surface area contributed by atoms with Crippen LogP contribution in [0.15, 0.2) is 30.3 Å². The molecule has 2 rings (SSSR count). The first kappa shape index (κ1) is 10.7. The van der Waals surface area contributed by atoms with Gasteiger partial charge in [-0.05, 0) is 24.8 Å². The van der Waals surface area contributed by atoms with Crippen molar-refractivity contribution < 1.29 is 5.11 Å². The molecule has 1 nitrogen and oxygen atoms in total. The SMILES string of the molecule is C[C](CC1(O)CCCC1)c1ccccc1. The normalized spacial score (nSPS) is 19.7. The Morgan fingerprint density at radius 2 is 1.80 bits per heavy atom. The van der Waals surface area contributed by atoms with Crippen molar-refractivity contribution in [3.63, 3.8) is 0 Å². The van der Waals surface area contributed by atoms with Crippen molar-refractivity contribution in [1.29, 1.82) is 0 Å². The Morgan fingerprint density at radius 3 is 2.40 bits per heavy atom. The third-order valence-electron chi connectivity index (χ3n) is 3.40. The van der Waals surface area contributed by atoms with E-state index in [-0.39, 0.29) is 0 Å². The van der Waals surface area contributed by atoms with Gasteiger partial charge in [0.25, 0.3) is 0 Å². The van der Waals surface area contributed by atoms with Crippen LogP contribution in [-0.4, -0.2) is 10.7 Å². The van der Waals surface area contributed by atoms with Crippen molar-refractivity contribution >= 4 is 0 Å². The predicted octanol–water partition coefficient (Wildman–Crippen LogP) is 3.32. The quantitative estimate of drug-likeness (QED) is 0.799. The van der Waals surface area contributed by atoms with Crippen molar-refractivity contribution in [2.75, 3.05) is 0 Å². The van der Waals surface area contributed by atoms with Gasteiger partial charge in [0, 0.05) is 5.92 Å². The fraction of sp³-hybridized carbons (Fsp3) is 0.500. The van der Waals surface area contributed by atoms with Crippen LogP contribution in [0.4, 0.5) is 0 Å². The zero-order chi connectivity index (χ0) is 10.7. The number of hydrogen-bond donors (Lipinski definition) is 1. The van der Waals surface area contributed by atoms with Gasteiger partial charge in [0.1, 0.15) is 0 Å². The van der Waals surface area contributed by atoms with E-state index in [0.29, 0.717) is 0 Å². The molecule has 0 saturated heterocycles. The standard InChI is InChI=1S/C14H19O/c1-12(13-7-3-2-4-8-13)11-14(15)9-5-6-10-14/h2-4,7-8,15H,5-6,9-11H2,1H3. The highest BCUT2D eigenvalue weighted by atomic mass is 16.3. The summed E-state index contributed by atoms with van der Waals surface area (Å²) >= 11 is 0. The van der Waals surface area contributed by atoms with E-state index in [4.69, 9.17) is 0 Å².